The SMILES string of the molecule is CN(C)S(=O)(=O)c1ccc2c(c1)C(=O)Nc1ccccc1O2. The molecular weight excluding hydrogens is 304 g/mol. The fraction of sp³-hybridized carbons (Fsp3) is 0.133. The van der Waals surface area contributed by atoms with Crippen molar-refractivity contribution in [3.05, 3.63) is 48.0 Å². The number of ether oxygens (including phenoxy) is 1. The van der Waals surface area contributed by atoms with Gasteiger partial charge in [0.25, 0.3) is 5.91 Å². The van der Waals surface area contributed by atoms with Crippen molar-refractivity contribution >= 4 is 21.6 Å². The van der Waals surface area contributed by atoms with Crippen molar-refractivity contribution in [2.75, 3.05) is 19.4 Å². The van der Waals surface area contributed by atoms with Crippen LogP contribution >= 0.6 is 0 Å². The molecule has 0 spiro atoms. The lowest BCUT2D eigenvalue weighted by Gasteiger charge is -2.13. The van der Waals surface area contributed by atoms with Gasteiger partial charge in [-0.05, 0) is 30.3 Å². The summed E-state index contributed by atoms with van der Waals surface area (Å²) < 4.78 is 31.2. The van der Waals surface area contributed by atoms with Crippen LogP contribution in [-0.2, 0) is 10.0 Å². The van der Waals surface area contributed by atoms with E-state index >= 15 is 0 Å². The van der Waals surface area contributed by atoms with E-state index in [0.29, 0.717) is 17.2 Å². The van der Waals surface area contributed by atoms with Crippen LogP contribution < -0.4 is 10.1 Å². The first-order valence-electron chi connectivity index (χ1n) is 6.54. The number of fused-ring (bicyclic) bond motifs is 2. The third-order valence-electron chi connectivity index (χ3n) is 3.33. The number of hydrogen-bond donors (Lipinski definition) is 1. The molecule has 1 aliphatic heterocycles. The lowest BCUT2D eigenvalue weighted by atomic mass is 10.2. The molecule has 1 heterocycles. The second kappa shape index (κ2) is 5.11. The largest absolute Gasteiger partial charge is 0.454 e. The minimum Gasteiger partial charge on any atom is -0.454 e. The molecule has 3 rings (SSSR count). The summed E-state index contributed by atoms with van der Waals surface area (Å²) in [7, 11) is -0.739. The monoisotopic (exact) mass is 318 g/mol. The molecule has 0 fully saturated rings. The summed E-state index contributed by atoms with van der Waals surface area (Å²) >= 11 is 0. The maximum atomic E-state index is 12.3. The molecule has 1 N–H and O–H groups in total. The van der Waals surface area contributed by atoms with Gasteiger partial charge >= 0.3 is 0 Å². The molecule has 0 atom stereocenters. The molecule has 22 heavy (non-hydrogen) atoms. The first-order valence-corrected chi connectivity index (χ1v) is 7.98. The number of carbonyl (C=O) groups is 1. The molecule has 2 aromatic carbocycles. The van der Waals surface area contributed by atoms with Crippen LogP contribution in [0.4, 0.5) is 5.69 Å². The van der Waals surface area contributed by atoms with E-state index < -0.39 is 15.9 Å². The summed E-state index contributed by atoms with van der Waals surface area (Å²) in [5.74, 6) is 0.425. The zero-order chi connectivity index (χ0) is 15.9. The van der Waals surface area contributed by atoms with Gasteiger partial charge in [0.15, 0.2) is 5.75 Å². The highest BCUT2D eigenvalue weighted by molar-refractivity contribution is 7.89. The Morgan fingerprint density at radius 2 is 1.77 bits per heavy atom. The standard InChI is InChI=1S/C15H14N2O4S/c1-17(2)22(19,20)10-7-8-13-11(9-10)15(18)16-12-5-3-4-6-14(12)21-13/h3-9H,1-2H3,(H,16,18). The van der Waals surface area contributed by atoms with Crippen molar-refractivity contribution in [1.29, 1.82) is 0 Å². The highest BCUT2D eigenvalue weighted by Gasteiger charge is 2.25. The third kappa shape index (κ3) is 2.34. The van der Waals surface area contributed by atoms with Gasteiger partial charge in [-0.3, -0.25) is 4.79 Å². The van der Waals surface area contributed by atoms with Crippen molar-refractivity contribution in [1.82, 2.24) is 4.31 Å². The first-order chi connectivity index (χ1) is 10.4. The number of nitrogens with zero attached hydrogens (tertiary/aromatic N) is 1. The molecule has 1 aliphatic rings. The van der Waals surface area contributed by atoms with Crippen LogP contribution in [0.5, 0.6) is 11.5 Å². The predicted octanol–water partition coefficient (Wildman–Crippen LogP) is 2.29. The Morgan fingerprint density at radius 3 is 2.50 bits per heavy atom. The lowest BCUT2D eigenvalue weighted by molar-refractivity contribution is 0.102. The van der Waals surface area contributed by atoms with Crippen LogP contribution in [0, 0.1) is 0 Å². The molecule has 0 saturated heterocycles. The summed E-state index contributed by atoms with van der Waals surface area (Å²) in [5.41, 5.74) is 0.722. The van der Waals surface area contributed by atoms with Crippen LogP contribution in [0.25, 0.3) is 0 Å². The predicted molar refractivity (Wildman–Crippen MR) is 81.8 cm³/mol. The smallest absolute Gasteiger partial charge is 0.259 e. The zero-order valence-electron chi connectivity index (χ0n) is 12.0. The minimum absolute atomic E-state index is 0.0426. The fourth-order valence-corrected chi connectivity index (χ4v) is 3.04. The third-order valence-corrected chi connectivity index (χ3v) is 5.14. The van der Waals surface area contributed by atoms with Gasteiger partial charge in [0, 0.05) is 14.1 Å². The maximum absolute atomic E-state index is 12.3. The molecule has 0 aliphatic carbocycles. The quantitative estimate of drug-likeness (QED) is 0.922. The Morgan fingerprint density at radius 1 is 1.05 bits per heavy atom. The van der Waals surface area contributed by atoms with Crippen LogP contribution in [0.3, 0.4) is 0 Å². The molecule has 0 radical (unpaired) electrons. The zero-order valence-corrected chi connectivity index (χ0v) is 12.8. The molecule has 0 aromatic heterocycles. The molecule has 2 aromatic rings. The molecule has 0 saturated carbocycles. The Bertz CT molecular complexity index is 860. The van der Waals surface area contributed by atoms with Crippen LogP contribution in [0.2, 0.25) is 0 Å². The topological polar surface area (TPSA) is 75.7 Å². The van der Waals surface area contributed by atoms with Crippen LogP contribution in [0.1, 0.15) is 10.4 Å². The first kappa shape index (κ1) is 14.6. The summed E-state index contributed by atoms with van der Waals surface area (Å²) in [6.45, 7) is 0. The number of carbonyl (C=O) groups excluding carboxylic acids is 1. The summed E-state index contributed by atoms with van der Waals surface area (Å²) in [6.07, 6.45) is 0. The van der Waals surface area contributed by atoms with E-state index in [1.165, 1.54) is 32.3 Å². The highest BCUT2D eigenvalue weighted by atomic mass is 32.2. The average molecular weight is 318 g/mol. The highest BCUT2D eigenvalue weighted by Crippen LogP contribution is 2.36. The van der Waals surface area contributed by atoms with Gasteiger partial charge in [0.1, 0.15) is 5.75 Å². The number of rotatable bonds is 2. The summed E-state index contributed by atoms with van der Waals surface area (Å²) in [4.78, 5) is 12.4. The summed E-state index contributed by atoms with van der Waals surface area (Å²) in [5, 5.41) is 2.71. The van der Waals surface area contributed by atoms with E-state index in [1.807, 2.05) is 0 Å². The van der Waals surface area contributed by atoms with Crippen molar-refractivity contribution in [2.24, 2.45) is 0 Å². The van der Waals surface area contributed by atoms with Crippen molar-refractivity contribution in [2.45, 2.75) is 4.90 Å². The molecule has 6 nitrogen and oxygen atoms in total. The number of amides is 1. The van der Waals surface area contributed by atoms with Crippen molar-refractivity contribution in [3.8, 4) is 11.5 Å². The van der Waals surface area contributed by atoms with Crippen molar-refractivity contribution < 1.29 is 17.9 Å². The Balaban J connectivity index is 2.12. The molecule has 0 unspecified atom stereocenters. The number of hydrogen-bond acceptors (Lipinski definition) is 4. The van der Waals surface area contributed by atoms with E-state index in [2.05, 4.69) is 5.32 Å². The van der Waals surface area contributed by atoms with Gasteiger partial charge in [0.05, 0.1) is 16.1 Å². The fourth-order valence-electron chi connectivity index (χ4n) is 2.11. The lowest BCUT2D eigenvalue weighted by Crippen LogP contribution is -2.22. The number of para-hydroxylation sites is 2. The van der Waals surface area contributed by atoms with Gasteiger partial charge in [-0.25, -0.2) is 12.7 Å². The van der Waals surface area contributed by atoms with Crippen LogP contribution in [0.15, 0.2) is 47.4 Å². The second-order valence-corrected chi connectivity index (χ2v) is 7.15. The Kier molecular flexibility index (Phi) is 3.38. The Hall–Kier alpha value is -2.38. The second-order valence-electron chi connectivity index (χ2n) is 5.00. The van der Waals surface area contributed by atoms with E-state index in [1.54, 1.807) is 24.3 Å². The number of nitrogens with one attached hydrogen (secondary N) is 1. The van der Waals surface area contributed by atoms with Gasteiger partial charge < -0.3 is 10.1 Å². The molecule has 114 valence electrons. The number of sulfonamides is 1. The van der Waals surface area contributed by atoms with Gasteiger partial charge in [-0.15, -0.1) is 0 Å². The maximum Gasteiger partial charge on any atom is 0.259 e. The van der Waals surface area contributed by atoms with Gasteiger partial charge in [-0.1, -0.05) is 12.1 Å². The van der Waals surface area contributed by atoms with E-state index in [-0.39, 0.29) is 10.5 Å². The van der Waals surface area contributed by atoms with Gasteiger partial charge in [0.2, 0.25) is 10.0 Å². The molecule has 7 heteroatoms. The van der Waals surface area contributed by atoms with E-state index in [9.17, 15) is 13.2 Å². The molecular formula is C15H14N2O4S. The van der Waals surface area contributed by atoms with Gasteiger partial charge in [-0.2, -0.15) is 0 Å². The molecule has 0 bridgehead atoms. The van der Waals surface area contributed by atoms with Crippen LogP contribution in [-0.4, -0.2) is 32.7 Å². The normalized spacial score (nSPS) is 13.7. The Labute approximate surface area is 128 Å². The minimum atomic E-state index is -3.62. The summed E-state index contributed by atoms with van der Waals surface area (Å²) in [6, 6.07) is 11.3. The van der Waals surface area contributed by atoms with E-state index in [0.717, 1.165) is 4.31 Å². The van der Waals surface area contributed by atoms with Crippen molar-refractivity contribution in [3.63, 3.8) is 0 Å². The number of anilines is 1. The average Bonchev–Trinajstić information content (AvgIpc) is 2.62. The van der Waals surface area contributed by atoms with E-state index in [4.69, 9.17) is 4.74 Å². The molecule has 1 amide bonds. The number of benzene rings is 2.